The van der Waals surface area contributed by atoms with E-state index in [9.17, 15) is 9.59 Å². The Morgan fingerprint density at radius 1 is 0.892 bits per heavy atom. The molecule has 1 amide bonds. The maximum Gasteiger partial charge on any atom is 0.259 e. The zero-order valence-corrected chi connectivity index (χ0v) is 21.5. The van der Waals surface area contributed by atoms with Crippen LogP contribution >= 0.6 is 0 Å². The second-order valence-corrected chi connectivity index (χ2v) is 10.3. The predicted octanol–water partition coefficient (Wildman–Crippen LogP) is 2.67. The molecular formula is C28H35N7O2. The summed E-state index contributed by atoms with van der Waals surface area (Å²) in [5.41, 5.74) is 2.88. The van der Waals surface area contributed by atoms with E-state index in [1.54, 1.807) is 6.07 Å². The molecule has 4 aromatic rings. The number of carbonyl (C=O) groups excluding carboxylic acids is 1. The predicted molar refractivity (Wildman–Crippen MR) is 148 cm³/mol. The van der Waals surface area contributed by atoms with Gasteiger partial charge in [-0.3, -0.25) is 14.0 Å². The number of para-hydroxylation sites is 2. The third-order valence-corrected chi connectivity index (χ3v) is 7.87. The van der Waals surface area contributed by atoms with Gasteiger partial charge < -0.3 is 25.0 Å². The van der Waals surface area contributed by atoms with Gasteiger partial charge in [0.2, 0.25) is 5.43 Å². The average molecular weight is 502 g/mol. The van der Waals surface area contributed by atoms with Crippen molar-refractivity contribution in [1.82, 2.24) is 29.1 Å². The number of anilines is 1. The number of imidazole rings is 1. The van der Waals surface area contributed by atoms with Crippen LogP contribution in [0, 0.1) is 0 Å². The van der Waals surface area contributed by atoms with Crippen LogP contribution in [0.15, 0.2) is 41.2 Å². The number of aryl methyl sites for hydroxylation is 1. The van der Waals surface area contributed by atoms with Crippen molar-refractivity contribution in [3.8, 4) is 0 Å². The molecular weight excluding hydrogens is 466 g/mol. The number of pyridine rings is 2. The Hall–Kier alpha value is -3.43. The molecule has 37 heavy (non-hydrogen) atoms. The largest absolute Gasteiger partial charge is 0.369 e. The highest BCUT2D eigenvalue weighted by Gasteiger charge is 2.24. The van der Waals surface area contributed by atoms with Gasteiger partial charge >= 0.3 is 0 Å². The van der Waals surface area contributed by atoms with E-state index in [-0.39, 0.29) is 16.9 Å². The van der Waals surface area contributed by atoms with Gasteiger partial charge in [0.05, 0.1) is 16.4 Å². The SMILES string of the molecule is Cn1c2ccccc2n2c3nc(NCCN4CCCC4)ccc3c(=O)c(C(=O)NCCN3CCCC3)c12. The molecule has 2 N–H and O–H groups in total. The van der Waals surface area contributed by atoms with Gasteiger partial charge in [0.1, 0.15) is 17.0 Å². The highest BCUT2D eigenvalue weighted by molar-refractivity contribution is 6.05. The number of nitrogens with zero attached hydrogens (tertiary/aromatic N) is 5. The van der Waals surface area contributed by atoms with Crippen molar-refractivity contribution in [3.63, 3.8) is 0 Å². The van der Waals surface area contributed by atoms with E-state index in [0.29, 0.717) is 23.2 Å². The lowest BCUT2D eigenvalue weighted by Crippen LogP contribution is -2.36. The first-order valence-corrected chi connectivity index (χ1v) is 13.5. The van der Waals surface area contributed by atoms with Crippen LogP contribution in [-0.2, 0) is 7.05 Å². The molecule has 0 unspecified atom stereocenters. The topological polar surface area (TPSA) is 86.9 Å². The van der Waals surface area contributed by atoms with Crippen LogP contribution in [0.5, 0.6) is 0 Å². The number of hydrogen-bond acceptors (Lipinski definition) is 6. The summed E-state index contributed by atoms with van der Waals surface area (Å²) in [5.74, 6) is 0.401. The van der Waals surface area contributed by atoms with Crippen LogP contribution in [0.1, 0.15) is 36.0 Å². The van der Waals surface area contributed by atoms with Crippen molar-refractivity contribution >= 4 is 39.4 Å². The summed E-state index contributed by atoms with van der Waals surface area (Å²) in [6, 6.07) is 11.6. The standard InChI is InChI=1S/C28H35N7O2/c1-32-21-8-2-3-9-22(21)35-26-20(10-11-23(31-26)29-12-18-33-14-4-5-15-33)25(36)24(28(32)35)27(37)30-13-19-34-16-6-7-17-34/h2-3,8-11H,4-7,12-19H2,1H3,(H,29,31)(H,30,37). The first-order chi connectivity index (χ1) is 18.1. The minimum atomic E-state index is -0.331. The molecule has 0 aliphatic carbocycles. The van der Waals surface area contributed by atoms with Crippen LogP contribution in [0.25, 0.3) is 27.7 Å². The third kappa shape index (κ3) is 4.46. The van der Waals surface area contributed by atoms with E-state index in [2.05, 4.69) is 20.4 Å². The molecule has 1 aromatic carbocycles. The van der Waals surface area contributed by atoms with E-state index in [1.165, 1.54) is 25.7 Å². The van der Waals surface area contributed by atoms with E-state index < -0.39 is 0 Å². The molecule has 5 heterocycles. The van der Waals surface area contributed by atoms with Gasteiger partial charge in [0, 0.05) is 33.2 Å². The molecule has 0 bridgehead atoms. The van der Waals surface area contributed by atoms with Gasteiger partial charge in [-0.1, -0.05) is 12.1 Å². The summed E-state index contributed by atoms with van der Waals surface area (Å²) in [7, 11) is 1.90. The number of likely N-dealkylation sites (tertiary alicyclic amines) is 2. The summed E-state index contributed by atoms with van der Waals surface area (Å²) in [5, 5.41) is 6.90. The summed E-state index contributed by atoms with van der Waals surface area (Å²) in [4.78, 5) is 36.9. The van der Waals surface area contributed by atoms with Crippen LogP contribution < -0.4 is 16.1 Å². The van der Waals surface area contributed by atoms with Crippen LogP contribution in [0.4, 0.5) is 5.82 Å². The zero-order valence-electron chi connectivity index (χ0n) is 21.5. The second kappa shape index (κ2) is 10.1. The molecule has 0 atom stereocenters. The first kappa shape index (κ1) is 23.9. The Kier molecular flexibility index (Phi) is 6.56. The maximum atomic E-state index is 13.8. The summed E-state index contributed by atoms with van der Waals surface area (Å²) in [6.07, 6.45) is 4.95. The Labute approximate surface area is 216 Å². The highest BCUT2D eigenvalue weighted by Crippen LogP contribution is 2.26. The lowest BCUT2D eigenvalue weighted by Gasteiger charge is -2.16. The summed E-state index contributed by atoms with van der Waals surface area (Å²) < 4.78 is 3.90. The molecule has 2 aliphatic rings. The Balaban J connectivity index is 1.39. The maximum absolute atomic E-state index is 13.8. The fraction of sp³-hybridized carbons (Fsp3) is 0.464. The zero-order chi connectivity index (χ0) is 25.4. The van der Waals surface area contributed by atoms with E-state index in [1.807, 2.05) is 46.3 Å². The lowest BCUT2D eigenvalue weighted by molar-refractivity contribution is 0.0950. The van der Waals surface area contributed by atoms with Crippen molar-refractivity contribution in [3.05, 3.63) is 52.2 Å². The molecule has 9 heteroatoms. The molecule has 0 radical (unpaired) electrons. The van der Waals surface area contributed by atoms with Gasteiger partial charge in [-0.25, -0.2) is 4.98 Å². The first-order valence-electron chi connectivity index (χ1n) is 13.5. The van der Waals surface area contributed by atoms with Gasteiger partial charge in [0.15, 0.2) is 5.65 Å². The molecule has 3 aromatic heterocycles. The third-order valence-electron chi connectivity index (χ3n) is 7.87. The van der Waals surface area contributed by atoms with Crippen LogP contribution in [0.2, 0.25) is 0 Å². The molecule has 9 nitrogen and oxygen atoms in total. The number of aromatic nitrogens is 3. The minimum Gasteiger partial charge on any atom is -0.369 e. The van der Waals surface area contributed by atoms with Gasteiger partial charge in [-0.15, -0.1) is 0 Å². The number of benzene rings is 1. The quantitative estimate of drug-likeness (QED) is 0.386. The molecule has 194 valence electrons. The summed E-state index contributed by atoms with van der Waals surface area (Å²) >= 11 is 0. The number of fused-ring (bicyclic) bond motifs is 5. The van der Waals surface area contributed by atoms with Gasteiger partial charge in [-0.05, 0) is 76.1 Å². The Morgan fingerprint density at radius 3 is 2.24 bits per heavy atom. The van der Waals surface area contributed by atoms with Crippen LogP contribution in [-0.4, -0.2) is 82.0 Å². The Morgan fingerprint density at radius 2 is 1.54 bits per heavy atom. The molecule has 2 saturated heterocycles. The summed E-state index contributed by atoms with van der Waals surface area (Å²) in [6.45, 7) is 7.54. The molecule has 2 fully saturated rings. The van der Waals surface area contributed by atoms with Crippen molar-refractivity contribution in [2.24, 2.45) is 7.05 Å². The normalized spacial score (nSPS) is 16.9. The fourth-order valence-corrected chi connectivity index (χ4v) is 5.91. The van der Waals surface area contributed by atoms with Gasteiger partial charge in [-0.2, -0.15) is 0 Å². The van der Waals surface area contributed by atoms with Crippen molar-refractivity contribution in [2.45, 2.75) is 25.7 Å². The van der Waals surface area contributed by atoms with Crippen LogP contribution in [0.3, 0.4) is 0 Å². The number of carbonyl (C=O) groups is 1. The average Bonchev–Trinajstić information content (AvgIpc) is 3.67. The molecule has 0 spiro atoms. The fourth-order valence-electron chi connectivity index (χ4n) is 5.91. The van der Waals surface area contributed by atoms with Crippen molar-refractivity contribution < 1.29 is 4.79 Å². The van der Waals surface area contributed by atoms with E-state index in [0.717, 1.165) is 62.7 Å². The van der Waals surface area contributed by atoms with E-state index in [4.69, 9.17) is 4.98 Å². The second-order valence-electron chi connectivity index (χ2n) is 10.3. The van der Waals surface area contributed by atoms with Gasteiger partial charge in [0.25, 0.3) is 5.91 Å². The minimum absolute atomic E-state index is 0.171. The van der Waals surface area contributed by atoms with Crippen molar-refractivity contribution in [1.29, 1.82) is 0 Å². The molecule has 2 aliphatic heterocycles. The highest BCUT2D eigenvalue weighted by atomic mass is 16.2. The number of hydrogen-bond donors (Lipinski definition) is 2. The Bertz CT molecular complexity index is 1510. The van der Waals surface area contributed by atoms with E-state index >= 15 is 0 Å². The molecule has 6 rings (SSSR count). The molecule has 0 saturated carbocycles. The monoisotopic (exact) mass is 501 g/mol. The number of rotatable bonds is 8. The smallest absolute Gasteiger partial charge is 0.259 e. The number of nitrogens with one attached hydrogen (secondary N) is 2. The number of amides is 1. The van der Waals surface area contributed by atoms with Crippen molar-refractivity contribution in [2.75, 3.05) is 57.7 Å². The lowest BCUT2D eigenvalue weighted by atomic mass is 10.1.